The lowest BCUT2D eigenvalue weighted by atomic mass is 9.91. The molecule has 1 atom stereocenters. The summed E-state index contributed by atoms with van der Waals surface area (Å²) in [5.74, 6) is 0. The van der Waals surface area contributed by atoms with Gasteiger partial charge in [0.1, 0.15) is 5.66 Å². The second-order valence-corrected chi connectivity index (χ2v) is 3.83. The van der Waals surface area contributed by atoms with Crippen LogP contribution in [-0.4, -0.2) is 12.2 Å². The molecule has 104 valence electrons. The lowest BCUT2D eigenvalue weighted by Crippen LogP contribution is -2.62. The van der Waals surface area contributed by atoms with Crippen LogP contribution in [0.1, 0.15) is 5.56 Å². The van der Waals surface area contributed by atoms with Crippen molar-refractivity contribution >= 4 is 18.4 Å². The molecular weight excluding hydrogens is 283 g/mol. The van der Waals surface area contributed by atoms with E-state index in [1.165, 1.54) is 12.1 Å². The highest BCUT2D eigenvalue weighted by atomic mass is 35.5. The highest BCUT2D eigenvalue weighted by Gasteiger charge is 2.50. The number of amides is 2. The third-order valence-electron chi connectivity index (χ3n) is 2.62. The number of carbonyl (C=O) groups is 1. The van der Waals surface area contributed by atoms with Crippen molar-refractivity contribution in [3.8, 4) is 0 Å². The molecule has 1 aromatic carbocycles. The maximum Gasteiger partial charge on any atom is 0.417 e. The molecule has 1 heterocycles. The van der Waals surface area contributed by atoms with E-state index < -0.39 is 23.4 Å². The predicted molar refractivity (Wildman–Crippen MR) is 65.4 cm³/mol. The van der Waals surface area contributed by atoms with Gasteiger partial charge < -0.3 is 16.4 Å². The van der Waals surface area contributed by atoms with E-state index in [-0.39, 0.29) is 18.0 Å². The summed E-state index contributed by atoms with van der Waals surface area (Å²) in [7, 11) is 0. The molecule has 4 nitrogen and oxygen atoms in total. The largest absolute Gasteiger partial charge is 0.417 e. The van der Waals surface area contributed by atoms with Crippen LogP contribution in [0.15, 0.2) is 42.1 Å². The minimum Gasteiger partial charge on any atom is -0.314 e. The molecule has 1 aliphatic rings. The van der Waals surface area contributed by atoms with E-state index in [1.807, 2.05) is 5.32 Å². The summed E-state index contributed by atoms with van der Waals surface area (Å²) in [6, 6.07) is 6.80. The number of benzene rings is 1. The molecule has 1 aromatic rings. The zero-order valence-corrected chi connectivity index (χ0v) is 10.3. The second kappa shape index (κ2) is 5.10. The number of halogens is 4. The molecule has 2 rings (SSSR count). The lowest BCUT2D eigenvalue weighted by Gasteiger charge is -2.37. The van der Waals surface area contributed by atoms with Crippen LogP contribution in [0.25, 0.3) is 0 Å². The van der Waals surface area contributed by atoms with Crippen molar-refractivity contribution in [3.63, 3.8) is 0 Å². The summed E-state index contributed by atoms with van der Waals surface area (Å²) in [4.78, 5) is 11.2. The van der Waals surface area contributed by atoms with Crippen LogP contribution in [0.2, 0.25) is 0 Å². The molecule has 19 heavy (non-hydrogen) atoms. The summed E-state index contributed by atoms with van der Waals surface area (Å²) in [6.07, 6.45) is -4.06. The zero-order chi connectivity index (χ0) is 13.4. The van der Waals surface area contributed by atoms with Crippen LogP contribution in [0.3, 0.4) is 0 Å². The van der Waals surface area contributed by atoms with Crippen molar-refractivity contribution in [2.45, 2.75) is 11.8 Å². The van der Waals surface area contributed by atoms with Gasteiger partial charge in [0.15, 0.2) is 0 Å². The highest BCUT2D eigenvalue weighted by Crippen LogP contribution is 2.37. The van der Waals surface area contributed by atoms with Gasteiger partial charge in [-0.05, 0) is 5.56 Å². The van der Waals surface area contributed by atoms with E-state index in [9.17, 15) is 18.0 Å². The van der Waals surface area contributed by atoms with E-state index in [4.69, 9.17) is 5.73 Å². The Bertz CT molecular complexity index is 504. The predicted octanol–water partition coefficient (Wildman–Crippen LogP) is 1.98. The molecule has 0 saturated carbocycles. The average Bonchev–Trinajstić information content (AvgIpc) is 2.28. The van der Waals surface area contributed by atoms with Gasteiger partial charge in [-0.2, -0.15) is 13.2 Å². The van der Waals surface area contributed by atoms with E-state index in [0.29, 0.717) is 6.20 Å². The fraction of sp³-hybridized carbons (Fsp3) is 0.182. The molecule has 0 bridgehead atoms. The smallest absolute Gasteiger partial charge is 0.314 e. The summed E-state index contributed by atoms with van der Waals surface area (Å²) >= 11 is 0. The van der Waals surface area contributed by atoms with Gasteiger partial charge in [-0.3, -0.25) is 0 Å². The van der Waals surface area contributed by atoms with Gasteiger partial charge >= 0.3 is 12.2 Å². The van der Waals surface area contributed by atoms with Crippen LogP contribution in [0.4, 0.5) is 18.0 Å². The van der Waals surface area contributed by atoms with Gasteiger partial charge in [0.25, 0.3) is 0 Å². The Morgan fingerprint density at radius 2 is 1.74 bits per heavy atom. The molecule has 0 saturated heterocycles. The highest BCUT2D eigenvalue weighted by molar-refractivity contribution is 5.85. The Balaban J connectivity index is 0.00000180. The first-order valence-electron chi connectivity index (χ1n) is 5.05. The van der Waals surface area contributed by atoms with E-state index >= 15 is 0 Å². The van der Waals surface area contributed by atoms with Crippen LogP contribution >= 0.6 is 12.4 Å². The van der Waals surface area contributed by atoms with Gasteiger partial charge in [0.05, 0.1) is 5.57 Å². The standard InChI is InChI=1S/C11H10F3N3O.ClH/c12-11(13,14)8-6-16-9(18)17-10(8,15)7-4-2-1-3-5-7;/h1-6H,15H2,(H2,16,17,18);1H. The molecule has 0 spiro atoms. The fourth-order valence-electron chi connectivity index (χ4n) is 1.77. The van der Waals surface area contributed by atoms with E-state index in [0.717, 1.165) is 0 Å². The van der Waals surface area contributed by atoms with Gasteiger partial charge in [-0.25, -0.2) is 4.79 Å². The maximum absolute atomic E-state index is 12.9. The zero-order valence-electron chi connectivity index (χ0n) is 9.49. The summed E-state index contributed by atoms with van der Waals surface area (Å²) < 4.78 is 38.7. The summed E-state index contributed by atoms with van der Waals surface area (Å²) in [6.45, 7) is 0. The molecule has 8 heteroatoms. The van der Waals surface area contributed by atoms with Crippen LogP contribution < -0.4 is 16.4 Å². The minimum absolute atomic E-state index is 0. The quantitative estimate of drug-likeness (QED) is 0.741. The molecule has 1 unspecified atom stereocenters. The summed E-state index contributed by atoms with van der Waals surface area (Å²) in [5.41, 5.74) is 2.76. The number of nitrogens with one attached hydrogen (secondary N) is 2. The second-order valence-electron chi connectivity index (χ2n) is 3.83. The Morgan fingerprint density at radius 1 is 1.16 bits per heavy atom. The number of urea groups is 1. The van der Waals surface area contributed by atoms with Gasteiger partial charge in [-0.15, -0.1) is 12.4 Å². The number of rotatable bonds is 1. The van der Waals surface area contributed by atoms with Gasteiger partial charge in [-0.1, -0.05) is 30.3 Å². The third kappa shape index (κ3) is 2.82. The van der Waals surface area contributed by atoms with Crippen LogP contribution in [0, 0.1) is 0 Å². The van der Waals surface area contributed by atoms with Crippen molar-refractivity contribution in [3.05, 3.63) is 47.7 Å². The fourth-order valence-corrected chi connectivity index (χ4v) is 1.77. The average molecular weight is 294 g/mol. The number of alkyl halides is 3. The Hall–Kier alpha value is -1.73. The molecular formula is C11H11ClF3N3O. The van der Waals surface area contributed by atoms with Crippen molar-refractivity contribution in [1.82, 2.24) is 10.6 Å². The molecule has 4 N–H and O–H groups in total. The third-order valence-corrected chi connectivity index (χ3v) is 2.62. The van der Waals surface area contributed by atoms with Gasteiger partial charge in [0.2, 0.25) is 0 Å². The Labute approximate surface area is 113 Å². The number of carbonyl (C=O) groups excluding carboxylic acids is 1. The molecule has 0 fully saturated rings. The Morgan fingerprint density at radius 3 is 2.26 bits per heavy atom. The minimum atomic E-state index is -4.65. The molecule has 0 aromatic heterocycles. The lowest BCUT2D eigenvalue weighted by molar-refractivity contribution is -0.103. The van der Waals surface area contributed by atoms with E-state index in [2.05, 4.69) is 5.32 Å². The summed E-state index contributed by atoms with van der Waals surface area (Å²) in [5, 5.41) is 4.06. The molecule has 0 aliphatic carbocycles. The van der Waals surface area contributed by atoms with Crippen molar-refractivity contribution in [1.29, 1.82) is 0 Å². The monoisotopic (exact) mass is 293 g/mol. The molecule has 0 radical (unpaired) electrons. The first kappa shape index (κ1) is 15.3. The van der Waals surface area contributed by atoms with Crippen LogP contribution in [-0.2, 0) is 5.66 Å². The van der Waals surface area contributed by atoms with Crippen molar-refractivity contribution in [2.24, 2.45) is 5.73 Å². The first-order valence-corrected chi connectivity index (χ1v) is 5.05. The number of nitrogens with two attached hydrogens (primary N) is 1. The topological polar surface area (TPSA) is 67.1 Å². The molecule has 1 aliphatic heterocycles. The van der Waals surface area contributed by atoms with Gasteiger partial charge in [0, 0.05) is 6.20 Å². The van der Waals surface area contributed by atoms with Crippen molar-refractivity contribution < 1.29 is 18.0 Å². The van der Waals surface area contributed by atoms with Crippen LogP contribution in [0.5, 0.6) is 0 Å². The van der Waals surface area contributed by atoms with E-state index in [1.54, 1.807) is 18.2 Å². The van der Waals surface area contributed by atoms with Crippen molar-refractivity contribution in [2.75, 3.05) is 0 Å². The normalized spacial score (nSPS) is 22.7. The first-order chi connectivity index (χ1) is 8.34. The Kier molecular flexibility index (Phi) is 4.12. The molecule has 2 amide bonds. The maximum atomic E-state index is 12.9. The number of hydrogen-bond acceptors (Lipinski definition) is 2. The number of hydrogen-bond donors (Lipinski definition) is 3. The SMILES string of the molecule is Cl.NC1(c2ccccc2)NC(=O)NC=C1C(F)(F)F.